The highest BCUT2D eigenvalue weighted by Crippen LogP contribution is 2.25. The van der Waals surface area contributed by atoms with Crippen LogP contribution in [0.15, 0.2) is 12.1 Å². The summed E-state index contributed by atoms with van der Waals surface area (Å²) in [5.74, 6) is -1.70. The average molecular weight is 219 g/mol. The van der Waals surface area contributed by atoms with Gasteiger partial charge in [-0.2, -0.15) is 0 Å². The Labute approximate surface area is 84.5 Å². The molecule has 0 aromatic heterocycles. The molecule has 0 radical (unpaired) electrons. The molecule has 14 heavy (non-hydrogen) atoms. The zero-order valence-electron chi connectivity index (χ0n) is 7.05. The quantitative estimate of drug-likeness (QED) is 0.673. The van der Waals surface area contributed by atoms with E-state index in [2.05, 4.69) is 5.32 Å². The molecule has 4 nitrogen and oxygen atoms in total. The Morgan fingerprint density at radius 3 is 2.86 bits per heavy atom. The molecule has 0 aliphatic rings. The first-order valence-electron chi connectivity index (χ1n) is 3.71. The van der Waals surface area contributed by atoms with E-state index in [0.717, 1.165) is 6.07 Å². The van der Waals surface area contributed by atoms with Crippen LogP contribution in [0.1, 0.15) is 0 Å². The fourth-order valence-corrected chi connectivity index (χ4v) is 1.06. The number of benzene rings is 1. The highest BCUT2D eigenvalue weighted by molar-refractivity contribution is 6.31. The molecule has 0 amide bonds. The number of nitrogens with one attached hydrogen (secondary N) is 1. The molecule has 0 saturated heterocycles. The van der Waals surface area contributed by atoms with Crippen LogP contribution in [0.25, 0.3) is 0 Å². The summed E-state index contributed by atoms with van der Waals surface area (Å²) in [6.45, 7) is -0.328. The first-order valence-corrected chi connectivity index (χ1v) is 4.08. The number of aliphatic carboxylic acids is 1. The van der Waals surface area contributed by atoms with Gasteiger partial charge in [-0.15, -0.1) is 0 Å². The Morgan fingerprint density at radius 2 is 2.29 bits per heavy atom. The van der Waals surface area contributed by atoms with Gasteiger partial charge in [-0.1, -0.05) is 11.6 Å². The van der Waals surface area contributed by atoms with Gasteiger partial charge in [0.15, 0.2) is 0 Å². The van der Waals surface area contributed by atoms with Gasteiger partial charge in [0.2, 0.25) is 0 Å². The Kier molecular flexibility index (Phi) is 3.14. The minimum absolute atomic E-state index is 0.0941. The second-order valence-electron chi connectivity index (χ2n) is 2.60. The van der Waals surface area contributed by atoms with E-state index in [0.29, 0.717) is 0 Å². The molecule has 0 unspecified atom stereocenters. The summed E-state index contributed by atoms with van der Waals surface area (Å²) in [6, 6.07) is 2.28. The Morgan fingerprint density at radius 1 is 1.64 bits per heavy atom. The SMILES string of the molecule is Nc1cc(Cl)c(F)cc1NCC(=O)O. The minimum Gasteiger partial charge on any atom is -0.480 e. The lowest BCUT2D eigenvalue weighted by Crippen LogP contribution is -2.13. The zero-order chi connectivity index (χ0) is 10.7. The second kappa shape index (κ2) is 4.15. The van der Waals surface area contributed by atoms with Crippen LogP contribution in [-0.2, 0) is 4.79 Å². The van der Waals surface area contributed by atoms with E-state index in [9.17, 15) is 9.18 Å². The third kappa shape index (κ3) is 2.50. The summed E-state index contributed by atoms with van der Waals surface area (Å²) < 4.78 is 12.9. The smallest absolute Gasteiger partial charge is 0.322 e. The molecular weight excluding hydrogens is 211 g/mol. The van der Waals surface area contributed by atoms with Crippen LogP contribution in [0.2, 0.25) is 5.02 Å². The third-order valence-electron chi connectivity index (χ3n) is 1.52. The van der Waals surface area contributed by atoms with E-state index >= 15 is 0 Å². The fourth-order valence-electron chi connectivity index (χ4n) is 0.886. The molecule has 0 spiro atoms. The number of halogens is 2. The van der Waals surface area contributed by atoms with Gasteiger partial charge in [0.25, 0.3) is 0 Å². The van der Waals surface area contributed by atoms with E-state index in [1.54, 1.807) is 0 Å². The number of rotatable bonds is 3. The van der Waals surface area contributed by atoms with Crippen molar-refractivity contribution in [3.05, 3.63) is 23.0 Å². The van der Waals surface area contributed by atoms with Crippen molar-refractivity contribution in [2.24, 2.45) is 0 Å². The van der Waals surface area contributed by atoms with E-state index in [-0.39, 0.29) is 22.9 Å². The summed E-state index contributed by atoms with van der Waals surface area (Å²) in [5.41, 5.74) is 5.89. The largest absolute Gasteiger partial charge is 0.480 e. The lowest BCUT2D eigenvalue weighted by atomic mass is 10.2. The van der Waals surface area contributed by atoms with Crippen molar-refractivity contribution in [3.8, 4) is 0 Å². The third-order valence-corrected chi connectivity index (χ3v) is 1.81. The van der Waals surface area contributed by atoms with Crippen molar-refractivity contribution < 1.29 is 14.3 Å². The van der Waals surface area contributed by atoms with Gasteiger partial charge in [-0.3, -0.25) is 4.79 Å². The van der Waals surface area contributed by atoms with Gasteiger partial charge in [0.05, 0.1) is 16.4 Å². The number of anilines is 2. The fraction of sp³-hybridized carbons (Fsp3) is 0.125. The van der Waals surface area contributed by atoms with Gasteiger partial charge in [-0.25, -0.2) is 4.39 Å². The summed E-state index contributed by atoms with van der Waals surface area (Å²) in [4.78, 5) is 10.2. The van der Waals surface area contributed by atoms with Gasteiger partial charge in [0, 0.05) is 6.07 Å². The molecule has 76 valence electrons. The molecule has 0 aliphatic heterocycles. The minimum atomic E-state index is -1.06. The van der Waals surface area contributed by atoms with E-state index < -0.39 is 11.8 Å². The molecule has 0 heterocycles. The van der Waals surface area contributed by atoms with Gasteiger partial charge in [0.1, 0.15) is 12.4 Å². The van der Waals surface area contributed by atoms with Crippen LogP contribution in [0.4, 0.5) is 15.8 Å². The van der Waals surface area contributed by atoms with Crippen LogP contribution in [0.5, 0.6) is 0 Å². The molecule has 4 N–H and O–H groups in total. The number of hydrogen-bond donors (Lipinski definition) is 3. The zero-order valence-corrected chi connectivity index (χ0v) is 7.81. The molecule has 1 rings (SSSR count). The van der Waals surface area contributed by atoms with Gasteiger partial charge < -0.3 is 16.2 Å². The van der Waals surface area contributed by atoms with Crippen molar-refractivity contribution in [2.45, 2.75) is 0 Å². The van der Waals surface area contributed by atoms with Gasteiger partial charge in [-0.05, 0) is 6.07 Å². The van der Waals surface area contributed by atoms with Crippen LogP contribution in [-0.4, -0.2) is 17.6 Å². The van der Waals surface area contributed by atoms with E-state index in [1.807, 2.05) is 0 Å². The number of hydrogen-bond acceptors (Lipinski definition) is 3. The molecular formula is C8H8ClFN2O2. The van der Waals surface area contributed by atoms with Crippen molar-refractivity contribution in [2.75, 3.05) is 17.6 Å². The van der Waals surface area contributed by atoms with Crippen LogP contribution < -0.4 is 11.1 Å². The summed E-state index contributed by atoms with van der Waals surface area (Å²) in [5, 5.41) is 10.7. The van der Waals surface area contributed by atoms with E-state index in [1.165, 1.54) is 6.07 Å². The van der Waals surface area contributed by atoms with Crippen molar-refractivity contribution >= 4 is 28.9 Å². The van der Waals surface area contributed by atoms with Crippen LogP contribution in [0, 0.1) is 5.82 Å². The molecule has 0 aliphatic carbocycles. The summed E-state index contributed by atoms with van der Waals surface area (Å²) in [7, 11) is 0. The second-order valence-corrected chi connectivity index (χ2v) is 3.01. The maximum absolute atomic E-state index is 12.9. The lowest BCUT2D eigenvalue weighted by molar-refractivity contribution is -0.134. The Bertz CT molecular complexity index is 371. The maximum Gasteiger partial charge on any atom is 0.322 e. The first-order chi connectivity index (χ1) is 6.50. The molecule has 0 bridgehead atoms. The lowest BCUT2D eigenvalue weighted by Gasteiger charge is -2.07. The van der Waals surface area contributed by atoms with Crippen molar-refractivity contribution in [1.82, 2.24) is 0 Å². The maximum atomic E-state index is 12.9. The molecule has 0 saturated carbocycles. The first kappa shape index (κ1) is 10.6. The predicted molar refractivity (Wildman–Crippen MR) is 51.9 cm³/mol. The molecule has 1 aromatic rings. The predicted octanol–water partition coefficient (Wildman–Crippen LogP) is 1.56. The molecule has 0 fully saturated rings. The number of nitrogens with two attached hydrogens (primary N) is 1. The molecule has 0 atom stereocenters. The molecule has 6 heteroatoms. The standard InChI is InChI=1S/C8H8ClFN2O2/c9-4-1-6(11)7(2-5(4)10)12-3-8(13)14/h1-2,12H,3,11H2,(H,13,14). The van der Waals surface area contributed by atoms with Gasteiger partial charge >= 0.3 is 5.97 Å². The normalized spacial score (nSPS) is 9.86. The summed E-state index contributed by atoms with van der Waals surface area (Å²) in [6.07, 6.45) is 0. The highest BCUT2D eigenvalue weighted by Gasteiger charge is 2.06. The van der Waals surface area contributed by atoms with Crippen LogP contribution >= 0.6 is 11.6 Å². The Hall–Kier alpha value is -1.49. The topological polar surface area (TPSA) is 75.3 Å². The van der Waals surface area contributed by atoms with E-state index in [4.69, 9.17) is 22.4 Å². The average Bonchev–Trinajstić information content (AvgIpc) is 2.09. The number of nitrogen functional groups attached to an aromatic ring is 1. The van der Waals surface area contributed by atoms with Crippen molar-refractivity contribution in [1.29, 1.82) is 0 Å². The number of carbonyl (C=O) groups is 1. The highest BCUT2D eigenvalue weighted by atomic mass is 35.5. The Balaban J connectivity index is 2.87. The monoisotopic (exact) mass is 218 g/mol. The summed E-state index contributed by atoms with van der Waals surface area (Å²) >= 11 is 5.45. The molecule has 1 aromatic carbocycles. The van der Waals surface area contributed by atoms with Crippen molar-refractivity contribution in [3.63, 3.8) is 0 Å². The van der Waals surface area contributed by atoms with Crippen LogP contribution in [0.3, 0.4) is 0 Å². The number of carboxylic acids is 1. The number of carboxylic acid groups (broad SMARTS) is 1.